The number of aromatic hydroxyl groups is 1. The molecule has 1 N–H and O–H groups in total. The number of phenols is 1. The maximum Gasteiger partial charge on any atom is 0.167 e. The van der Waals surface area contributed by atoms with Crippen LogP contribution < -0.4 is 4.74 Å². The molecule has 18 heavy (non-hydrogen) atoms. The van der Waals surface area contributed by atoms with Crippen molar-refractivity contribution in [3.8, 4) is 11.5 Å². The first-order chi connectivity index (χ1) is 8.58. The van der Waals surface area contributed by atoms with Crippen molar-refractivity contribution in [2.75, 3.05) is 0 Å². The molecule has 2 aromatic carbocycles. The van der Waals surface area contributed by atoms with Crippen LogP contribution in [0.4, 0.5) is 8.78 Å². The molecule has 2 aromatic rings. The highest BCUT2D eigenvalue weighted by Crippen LogP contribution is 2.22. The van der Waals surface area contributed by atoms with Gasteiger partial charge in [-0.05, 0) is 36.2 Å². The number of hydrogen-bond donors (Lipinski definition) is 1. The molecule has 0 unspecified atom stereocenters. The van der Waals surface area contributed by atoms with Crippen LogP contribution in [0.2, 0.25) is 0 Å². The maximum atomic E-state index is 13.6. The van der Waals surface area contributed by atoms with Crippen molar-refractivity contribution in [3.05, 3.63) is 59.2 Å². The molecule has 0 radical (unpaired) electrons. The standard InChI is InChI=1S/C14H12F2O2/c1-9-3-2-4-13(14(9)16)18-8-10-5-6-11(15)12(17)7-10/h2-7,17H,8H2,1H3. The first-order valence-electron chi connectivity index (χ1n) is 5.43. The van der Waals surface area contributed by atoms with Gasteiger partial charge in [0.25, 0.3) is 0 Å². The Labute approximate surface area is 103 Å². The highest BCUT2D eigenvalue weighted by molar-refractivity contribution is 5.32. The van der Waals surface area contributed by atoms with Gasteiger partial charge in [-0.1, -0.05) is 18.2 Å². The largest absolute Gasteiger partial charge is 0.505 e. The highest BCUT2D eigenvalue weighted by Gasteiger charge is 2.07. The second kappa shape index (κ2) is 5.04. The number of ether oxygens (including phenoxy) is 1. The predicted octanol–water partition coefficient (Wildman–Crippen LogP) is 3.56. The van der Waals surface area contributed by atoms with E-state index in [4.69, 9.17) is 4.74 Å². The van der Waals surface area contributed by atoms with Crippen LogP contribution in [0.25, 0.3) is 0 Å². The molecule has 0 spiro atoms. The minimum atomic E-state index is -0.694. The van der Waals surface area contributed by atoms with Gasteiger partial charge in [-0.25, -0.2) is 8.78 Å². The smallest absolute Gasteiger partial charge is 0.167 e. The summed E-state index contributed by atoms with van der Waals surface area (Å²) >= 11 is 0. The molecular weight excluding hydrogens is 238 g/mol. The zero-order chi connectivity index (χ0) is 13.1. The van der Waals surface area contributed by atoms with E-state index in [0.29, 0.717) is 11.1 Å². The Morgan fingerprint density at radius 1 is 1.17 bits per heavy atom. The van der Waals surface area contributed by atoms with Gasteiger partial charge in [0.15, 0.2) is 23.1 Å². The van der Waals surface area contributed by atoms with Crippen molar-refractivity contribution in [2.45, 2.75) is 13.5 Å². The molecule has 0 aromatic heterocycles. The fourth-order valence-corrected chi connectivity index (χ4v) is 1.54. The molecule has 0 aliphatic rings. The molecule has 0 bridgehead atoms. The molecular formula is C14H12F2O2. The van der Waals surface area contributed by atoms with E-state index >= 15 is 0 Å². The van der Waals surface area contributed by atoms with Crippen molar-refractivity contribution in [1.82, 2.24) is 0 Å². The van der Waals surface area contributed by atoms with Gasteiger partial charge < -0.3 is 9.84 Å². The second-order valence-electron chi connectivity index (χ2n) is 3.96. The highest BCUT2D eigenvalue weighted by atomic mass is 19.1. The number of hydrogen-bond acceptors (Lipinski definition) is 2. The molecule has 94 valence electrons. The molecule has 0 atom stereocenters. The van der Waals surface area contributed by atoms with Gasteiger partial charge in [0.2, 0.25) is 0 Å². The fraction of sp³-hybridized carbons (Fsp3) is 0.143. The van der Waals surface area contributed by atoms with E-state index in [0.717, 1.165) is 6.07 Å². The zero-order valence-corrected chi connectivity index (χ0v) is 9.78. The van der Waals surface area contributed by atoms with Crippen LogP contribution >= 0.6 is 0 Å². The molecule has 2 rings (SSSR count). The number of phenolic OH excluding ortho intramolecular Hbond substituents is 1. The van der Waals surface area contributed by atoms with Crippen LogP contribution in [0.15, 0.2) is 36.4 Å². The third-order valence-corrected chi connectivity index (χ3v) is 2.56. The van der Waals surface area contributed by atoms with E-state index in [-0.39, 0.29) is 12.4 Å². The normalized spacial score (nSPS) is 10.4. The average Bonchev–Trinajstić information content (AvgIpc) is 2.35. The minimum Gasteiger partial charge on any atom is -0.505 e. The summed E-state index contributed by atoms with van der Waals surface area (Å²) < 4.78 is 31.7. The minimum absolute atomic E-state index is 0.0637. The number of aryl methyl sites for hydroxylation is 1. The first kappa shape index (κ1) is 12.4. The Balaban J connectivity index is 2.11. The predicted molar refractivity (Wildman–Crippen MR) is 63.5 cm³/mol. The van der Waals surface area contributed by atoms with Gasteiger partial charge in [0.05, 0.1) is 0 Å². The molecule has 0 fully saturated rings. The molecule has 4 heteroatoms. The molecule has 2 nitrogen and oxygen atoms in total. The van der Waals surface area contributed by atoms with E-state index in [1.165, 1.54) is 18.2 Å². The van der Waals surface area contributed by atoms with Crippen molar-refractivity contribution in [3.63, 3.8) is 0 Å². The third-order valence-electron chi connectivity index (χ3n) is 2.56. The Bertz CT molecular complexity index is 568. The molecule has 0 amide bonds. The Kier molecular flexibility index (Phi) is 3.46. The molecule has 0 heterocycles. The number of halogens is 2. The van der Waals surface area contributed by atoms with E-state index in [9.17, 15) is 13.9 Å². The number of benzene rings is 2. The van der Waals surface area contributed by atoms with Crippen LogP contribution in [0.5, 0.6) is 11.5 Å². The quantitative estimate of drug-likeness (QED) is 0.902. The Morgan fingerprint density at radius 2 is 1.94 bits per heavy atom. The van der Waals surface area contributed by atoms with Crippen LogP contribution in [-0.2, 0) is 6.61 Å². The maximum absolute atomic E-state index is 13.6. The van der Waals surface area contributed by atoms with Crippen molar-refractivity contribution < 1.29 is 18.6 Å². The van der Waals surface area contributed by atoms with Crippen LogP contribution in [0, 0.1) is 18.6 Å². The van der Waals surface area contributed by atoms with E-state index in [2.05, 4.69) is 0 Å². The van der Waals surface area contributed by atoms with Crippen molar-refractivity contribution in [2.24, 2.45) is 0 Å². The van der Waals surface area contributed by atoms with Gasteiger partial charge in [0, 0.05) is 0 Å². The van der Waals surface area contributed by atoms with Gasteiger partial charge in [-0.15, -0.1) is 0 Å². The summed E-state index contributed by atoms with van der Waals surface area (Å²) in [5, 5.41) is 9.19. The Morgan fingerprint density at radius 3 is 2.67 bits per heavy atom. The lowest BCUT2D eigenvalue weighted by Gasteiger charge is -2.09. The SMILES string of the molecule is Cc1cccc(OCc2ccc(F)c(O)c2)c1F. The van der Waals surface area contributed by atoms with Gasteiger partial charge >= 0.3 is 0 Å². The van der Waals surface area contributed by atoms with Crippen LogP contribution in [-0.4, -0.2) is 5.11 Å². The molecule has 0 aliphatic heterocycles. The second-order valence-corrected chi connectivity index (χ2v) is 3.96. The average molecular weight is 250 g/mol. The van der Waals surface area contributed by atoms with Crippen LogP contribution in [0.1, 0.15) is 11.1 Å². The number of rotatable bonds is 3. The third kappa shape index (κ3) is 2.59. The first-order valence-corrected chi connectivity index (χ1v) is 5.43. The summed E-state index contributed by atoms with van der Waals surface area (Å²) in [6.45, 7) is 1.71. The summed E-state index contributed by atoms with van der Waals surface area (Å²) in [5.41, 5.74) is 1.06. The van der Waals surface area contributed by atoms with Crippen LogP contribution in [0.3, 0.4) is 0 Å². The monoisotopic (exact) mass is 250 g/mol. The topological polar surface area (TPSA) is 29.5 Å². The molecule has 0 saturated heterocycles. The molecule has 0 aliphatic carbocycles. The Hall–Kier alpha value is -2.10. The van der Waals surface area contributed by atoms with Gasteiger partial charge in [0.1, 0.15) is 6.61 Å². The van der Waals surface area contributed by atoms with Gasteiger partial charge in [-0.3, -0.25) is 0 Å². The van der Waals surface area contributed by atoms with Crippen molar-refractivity contribution >= 4 is 0 Å². The lowest BCUT2D eigenvalue weighted by Crippen LogP contribution is -1.98. The molecule has 0 saturated carbocycles. The summed E-state index contributed by atoms with van der Waals surface area (Å²) in [7, 11) is 0. The van der Waals surface area contributed by atoms with Crippen molar-refractivity contribution in [1.29, 1.82) is 0 Å². The summed E-state index contributed by atoms with van der Waals surface area (Å²) in [6.07, 6.45) is 0. The van der Waals surface area contributed by atoms with E-state index < -0.39 is 17.4 Å². The summed E-state index contributed by atoms with van der Waals surface area (Å²) in [4.78, 5) is 0. The lowest BCUT2D eigenvalue weighted by atomic mass is 10.2. The summed E-state index contributed by atoms with van der Waals surface area (Å²) in [5.74, 6) is -1.41. The van der Waals surface area contributed by atoms with Gasteiger partial charge in [-0.2, -0.15) is 0 Å². The van der Waals surface area contributed by atoms with E-state index in [1.807, 2.05) is 0 Å². The zero-order valence-electron chi connectivity index (χ0n) is 9.78. The van der Waals surface area contributed by atoms with E-state index in [1.54, 1.807) is 19.1 Å². The fourth-order valence-electron chi connectivity index (χ4n) is 1.54. The lowest BCUT2D eigenvalue weighted by molar-refractivity contribution is 0.288. The summed E-state index contributed by atoms with van der Waals surface area (Å²) in [6, 6.07) is 8.72.